The summed E-state index contributed by atoms with van der Waals surface area (Å²) in [6.07, 6.45) is 3.46. The number of hydrogen-bond donors (Lipinski definition) is 1. The van der Waals surface area contributed by atoms with Crippen LogP contribution in [0.15, 0.2) is 9.36 Å². The van der Waals surface area contributed by atoms with Crippen LogP contribution in [-0.4, -0.2) is 30.3 Å². The number of carbonyl (C=O) groups is 1. The maximum atomic E-state index is 11.9. The van der Waals surface area contributed by atoms with Crippen molar-refractivity contribution in [3.63, 3.8) is 0 Å². The third kappa shape index (κ3) is 2.51. The van der Waals surface area contributed by atoms with E-state index in [1.165, 1.54) is 18.4 Å². The highest BCUT2D eigenvalue weighted by atomic mass is 32.2. The largest absolute Gasteiger partial charge is 0.465 e. The van der Waals surface area contributed by atoms with E-state index in [0.29, 0.717) is 17.0 Å². The summed E-state index contributed by atoms with van der Waals surface area (Å²) in [5.74, 6) is -0.309. The minimum atomic E-state index is -0.309. The monoisotopic (exact) mass is 299 g/mol. The molecule has 2 rings (SSSR count). The topological polar surface area (TPSA) is 58.9 Å². The standard InChI is InChI=1S/C13H17NO3S2/c1-13(2)5-7-9(8(6-13)14-16)12(18-4)19-10(7)11(15)17-3/h16H,5-6H2,1-4H3/b14-8+. The lowest BCUT2D eigenvalue weighted by molar-refractivity contribution is 0.0604. The molecule has 1 aromatic heterocycles. The van der Waals surface area contributed by atoms with Gasteiger partial charge in [-0.1, -0.05) is 19.0 Å². The number of thiophene rings is 1. The summed E-state index contributed by atoms with van der Waals surface area (Å²) < 4.78 is 5.87. The molecule has 0 saturated heterocycles. The Labute approximate surface area is 120 Å². The highest BCUT2D eigenvalue weighted by Crippen LogP contribution is 2.44. The highest BCUT2D eigenvalue weighted by Gasteiger charge is 2.36. The van der Waals surface area contributed by atoms with E-state index in [4.69, 9.17) is 4.74 Å². The first kappa shape index (κ1) is 14.4. The van der Waals surface area contributed by atoms with E-state index in [9.17, 15) is 10.0 Å². The van der Waals surface area contributed by atoms with Gasteiger partial charge < -0.3 is 9.94 Å². The zero-order chi connectivity index (χ0) is 14.2. The second-order valence-corrected chi connectivity index (χ2v) is 7.43. The zero-order valence-corrected chi connectivity index (χ0v) is 13.1. The van der Waals surface area contributed by atoms with E-state index in [1.54, 1.807) is 11.8 Å². The number of oxime groups is 1. The molecule has 0 bridgehead atoms. The van der Waals surface area contributed by atoms with Crippen LogP contribution < -0.4 is 0 Å². The van der Waals surface area contributed by atoms with E-state index in [1.807, 2.05) is 6.26 Å². The van der Waals surface area contributed by atoms with E-state index in [0.717, 1.165) is 21.8 Å². The minimum absolute atomic E-state index is 0.0198. The van der Waals surface area contributed by atoms with E-state index in [2.05, 4.69) is 19.0 Å². The Bertz CT molecular complexity index is 546. The lowest BCUT2D eigenvalue weighted by Crippen LogP contribution is -2.28. The predicted octanol–water partition coefficient (Wildman–Crippen LogP) is 3.41. The Kier molecular flexibility index (Phi) is 3.92. The van der Waals surface area contributed by atoms with Crippen molar-refractivity contribution in [2.75, 3.05) is 13.4 Å². The molecule has 1 aliphatic carbocycles. The number of esters is 1. The summed E-state index contributed by atoms with van der Waals surface area (Å²) in [4.78, 5) is 12.5. The van der Waals surface area contributed by atoms with Gasteiger partial charge in [0.05, 0.1) is 17.0 Å². The maximum Gasteiger partial charge on any atom is 0.348 e. The minimum Gasteiger partial charge on any atom is -0.465 e. The van der Waals surface area contributed by atoms with E-state index in [-0.39, 0.29) is 11.4 Å². The van der Waals surface area contributed by atoms with E-state index >= 15 is 0 Å². The van der Waals surface area contributed by atoms with Crippen LogP contribution >= 0.6 is 23.1 Å². The molecule has 1 aromatic rings. The first-order chi connectivity index (χ1) is 8.93. The van der Waals surface area contributed by atoms with Crippen molar-refractivity contribution in [1.29, 1.82) is 0 Å². The number of hydrogen-bond acceptors (Lipinski definition) is 6. The van der Waals surface area contributed by atoms with Gasteiger partial charge in [-0.25, -0.2) is 4.79 Å². The Morgan fingerprint density at radius 1 is 1.47 bits per heavy atom. The molecular weight excluding hydrogens is 282 g/mol. The molecule has 0 radical (unpaired) electrons. The van der Waals surface area contributed by atoms with Crippen molar-refractivity contribution in [3.05, 3.63) is 16.0 Å². The summed E-state index contributed by atoms with van der Waals surface area (Å²) in [6, 6.07) is 0. The summed E-state index contributed by atoms with van der Waals surface area (Å²) in [5.41, 5.74) is 2.54. The van der Waals surface area contributed by atoms with Crippen molar-refractivity contribution in [2.24, 2.45) is 10.6 Å². The van der Waals surface area contributed by atoms with Gasteiger partial charge >= 0.3 is 5.97 Å². The molecule has 0 spiro atoms. The summed E-state index contributed by atoms with van der Waals surface area (Å²) in [6.45, 7) is 4.22. The molecule has 104 valence electrons. The molecular formula is C13H17NO3S2. The number of nitrogens with zero attached hydrogens (tertiary/aromatic N) is 1. The molecule has 1 N–H and O–H groups in total. The van der Waals surface area contributed by atoms with Gasteiger partial charge in [0.15, 0.2) is 0 Å². The van der Waals surface area contributed by atoms with E-state index < -0.39 is 0 Å². The Morgan fingerprint density at radius 2 is 2.16 bits per heavy atom. The van der Waals surface area contributed by atoms with Crippen molar-refractivity contribution in [2.45, 2.75) is 30.9 Å². The van der Waals surface area contributed by atoms with Crippen molar-refractivity contribution in [3.8, 4) is 0 Å². The Balaban J connectivity index is 2.65. The molecule has 1 aliphatic rings. The highest BCUT2D eigenvalue weighted by molar-refractivity contribution is 8.00. The summed E-state index contributed by atoms with van der Waals surface area (Å²) in [7, 11) is 1.39. The molecule has 19 heavy (non-hydrogen) atoms. The second kappa shape index (κ2) is 5.17. The van der Waals surface area contributed by atoms with Gasteiger partial charge in [-0.05, 0) is 30.1 Å². The summed E-state index contributed by atoms with van der Waals surface area (Å²) >= 11 is 2.99. The van der Waals surface area contributed by atoms with Gasteiger partial charge in [-0.15, -0.1) is 23.1 Å². The average Bonchev–Trinajstić information content (AvgIpc) is 2.73. The van der Waals surface area contributed by atoms with Gasteiger partial charge in [-0.3, -0.25) is 0 Å². The molecule has 1 heterocycles. The van der Waals surface area contributed by atoms with Crippen LogP contribution in [0.25, 0.3) is 0 Å². The quantitative estimate of drug-likeness (QED) is 0.393. The average molecular weight is 299 g/mol. The molecule has 4 nitrogen and oxygen atoms in total. The van der Waals surface area contributed by atoms with Crippen LogP contribution in [-0.2, 0) is 11.2 Å². The fourth-order valence-electron chi connectivity index (χ4n) is 2.47. The second-order valence-electron chi connectivity index (χ2n) is 5.33. The zero-order valence-electron chi connectivity index (χ0n) is 11.4. The Morgan fingerprint density at radius 3 is 2.68 bits per heavy atom. The normalized spacial score (nSPS) is 19.3. The molecule has 0 fully saturated rings. The molecule has 6 heteroatoms. The van der Waals surface area contributed by atoms with Gasteiger partial charge in [0.1, 0.15) is 4.88 Å². The van der Waals surface area contributed by atoms with Gasteiger partial charge in [0, 0.05) is 5.56 Å². The fourth-order valence-corrected chi connectivity index (χ4v) is 4.49. The Hall–Kier alpha value is -1.01. The molecule has 0 saturated carbocycles. The van der Waals surface area contributed by atoms with Crippen molar-refractivity contribution >= 4 is 34.8 Å². The number of rotatable bonds is 2. The molecule has 0 aliphatic heterocycles. The first-order valence-corrected chi connectivity index (χ1v) is 7.97. The number of thioether (sulfide) groups is 1. The summed E-state index contributed by atoms with van der Waals surface area (Å²) in [5, 5.41) is 12.7. The molecule has 0 amide bonds. The van der Waals surface area contributed by atoms with Crippen LogP contribution in [0.1, 0.15) is 41.1 Å². The molecule has 0 aromatic carbocycles. The first-order valence-electron chi connectivity index (χ1n) is 5.92. The van der Waals surface area contributed by atoms with Gasteiger partial charge in [0.25, 0.3) is 0 Å². The third-order valence-electron chi connectivity index (χ3n) is 3.24. The number of ether oxygens (including phenoxy) is 1. The smallest absolute Gasteiger partial charge is 0.348 e. The number of carbonyl (C=O) groups excluding carboxylic acids is 1. The van der Waals surface area contributed by atoms with Crippen LogP contribution in [0.3, 0.4) is 0 Å². The lowest BCUT2D eigenvalue weighted by Gasteiger charge is -2.30. The predicted molar refractivity (Wildman–Crippen MR) is 77.9 cm³/mol. The maximum absolute atomic E-state index is 11.9. The van der Waals surface area contributed by atoms with Gasteiger partial charge in [-0.2, -0.15) is 0 Å². The number of fused-ring (bicyclic) bond motifs is 1. The molecule has 0 atom stereocenters. The fraction of sp³-hybridized carbons (Fsp3) is 0.538. The third-order valence-corrected chi connectivity index (χ3v) is 5.57. The van der Waals surface area contributed by atoms with Crippen LogP contribution in [0.4, 0.5) is 0 Å². The molecule has 0 unspecified atom stereocenters. The van der Waals surface area contributed by atoms with Crippen LogP contribution in [0.2, 0.25) is 0 Å². The van der Waals surface area contributed by atoms with Crippen molar-refractivity contribution < 1.29 is 14.7 Å². The SMILES string of the molecule is COC(=O)c1sc(SC)c2c1CC(C)(C)C/C2=N\O. The van der Waals surface area contributed by atoms with Gasteiger partial charge in [0.2, 0.25) is 0 Å². The van der Waals surface area contributed by atoms with Crippen LogP contribution in [0.5, 0.6) is 0 Å². The van der Waals surface area contributed by atoms with Crippen molar-refractivity contribution in [1.82, 2.24) is 0 Å². The van der Waals surface area contributed by atoms with Crippen LogP contribution in [0, 0.1) is 5.41 Å². The lowest BCUT2D eigenvalue weighted by atomic mass is 9.74. The number of methoxy groups -OCH3 is 1.